The van der Waals surface area contributed by atoms with Gasteiger partial charge >= 0.3 is 10.4 Å². The molecular formula is C60H96N2O6S. The fourth-order valence-electron chi connectivity index (χ4n) is 8.81. The van der Waals surface area contributed by atoms with E-state index >= 15 is 0 Å². The maximum absolute atomic E-state index is 8.74. The standard InChI is InChI=1S/2C30H47NO.H2O4S/c2*1-3-5-7-9-11-13-15-20-26-21-17-18-24-29(26)32-30-25-19-23-28(31)27(30)22-16-14-12-10-8-6-4-2;1-5(2,3)4/h2*17-19,21,23-25H,3-16,20,22,31H2,1-2H3;(H2,1,2,3,4). The summed E-state index contributed by atoms with van der Waals surface area (Å²) in [5.74, 6) is 3.85. The highest BCUT2D eigenvalue weighted by Gasteiger charge is 2.13. The average Bonchev–Trinajstić information content (AvgIpc) is 3.32. The third-order valence-electron chi connectivity index (χ3n) is 12.9. The van der Waals surface area contributed by atoms with Crippen molar-refractivity contribution in [1.82, 2.24) is 0 Å². The lowest BCUT2D eigenvalue weighted by Gasteiger charge is -2.16. The first-order valence-electron chi connectivity index (χ1n) is 27.5. The van der Waals surface area contributed by atoms with Crippen LogP contribution < -0.4 is 20.9 Å². The van der Waals surface area contributed by atoms with Crippen LogP contribution in [0.4, 0.5) is 11.4 Å². The topological polar surface area (TPSA) is 145 Å². The summed E-state index contributed by atoms with van der Waals surface area (Å²) in [4.78, 5) is 0. The number of hydrogen-bond acceptors (Lipinski definition) is 6. The van der Waals surface area contributed by atoms with Crippen LogP contribution in [0.25, 0.3) is 0 Å². The summed E-state index contributed by atoms with van der Waals surface area (Å²) in [7, 11) is -4.67. The Hall–Kier alpha value is -4.05. The predicted octanol–water partition coefficient (Wildman–Crippen LogP) is 18.6. The molecule has 9 heteroatoms. The fraction of sp³-hybridized carbons (Fsp3) is 0.600. The van der Waals surface area contributed by atoms with Crippen LogP contribution in [0.1, 0.15) is 230 Å². The van der Waals surface area contributed by atoms with Gasteiger partial charge in [-0.1, -0.05) is 230 Å². The molecule has 4 aromatic rings. The molecule has 0 unspecified atom stereocenters. The van der Waals surface area contributed by atoms with Gasteiger partial charge in [0, 0.05) is 22.5 Å². The first-order valence-corrected chi connectivity index (χ1v) is 28.9. The van der Waals surface area contributed by atoms with Gasteiger partial charge in [-0.05, 0) is 98.9 Å². The number of aryl methyl sites for hydroxylation is 2. The number of nitrogens with two attached hydrogens (primary N) is 2. The number of ether oxygens (including phenoxy) is 2. The highest BCUT2D eigenvalue weighted by atomic mass is 32.3. The van der Waals surface area contributed by atoms with E-state index in [4.69, 9.17) is 38.5 Å². The summed E-state index contributed by atoms with van der Waals surface area (Å²) in [5.41, 5.74) is 19.4. The minimum atomic E-state index is -4.67. The molecule has 0 atom stereocenters. The summed E-state index contributed by atoms with van der Waals surface area (Å²) in [6.07, 6.45) is 41.1. The van der Waals surface area contributed by atoms with Crippen LogP contribution in [0.15, 0.2) is 84.9 Å². The van der Waals surface area contributed by atoms with E-state index in [0.29, 0.717) is 0 Å². The van der Waals surface area contributed by atoms with Crippen LogP contribution in [-0.4, -0.2) is 17.5 Å². The molecule has 0 aliphatic carbocycles. The minimum absolute atomic E-state index is 0.859. The quantitative estimate of drug-likeness (QED) is 0.0200. The number of nitrogen functional groups attached to an aromatic ring is 2. The van der Waals surface area contributed by atoms with E-state index in [1.807, 2.05) is 24.3 Å². The lowest BCUT2D eigenvalue weighted by molar-refractivity contribution is 0.381. The maximum atomic E-state index is 8.74. The number of hydrogen-bond donors (Lipinski definition) is 4. The summed E-state index contributed by atoms with van der Waals surface area (Å²) in [6.45, 7) is 9.09. The Morgan fingerprint density at radius 1 is 0.348 bits per heavy atom. The van der Waals surface area contributed by atoms with Crippen molar-refractivity contribution in [2.24, 2.45) is 0 Å². The molecule has 0 aromatic heterocycles. The molecule has 0 heterocycles. The van der Waals surface area contributed by atoms with Crippen molar-refractivity contribution in [3.63, 3.8) is 0 Å². The molecule has 0 saturated heterocycles. The molecule has 6 N–H and O–H groups in total. The van der Waals surface area contributed by atoms with Crippen molar-refractivity contribution < 1.29 is 27.0 Å². The van der Waals surface area contributed by atoms with Gasteiger partial charge in [0.25, 0.3) is 0 Å². The van der Waals surface area contributed by atoms with E-state index in [-0.39, 0.29) is 0 Å². The van der Waals surface area contributed by atoms with Crippen LogP contribution in [0.5, 0.6) is 23.0 Å². The van der Waals surface area contributed by atoms with Gasteiger partial charge in [0.15, 0.2) is 0 Å². The Morgan fingerprint density at radius 3 is 0.899 bits per heavy atom. The van der Waals surface area contributed by atoms with E-state index in [1.165, 1.54) is 202 Å². The third-order valence-corrected chi connectivity index (χ3v) is 12.9. The second kappa shape index (κ2) is 39.6. The van der Waals surface area contributed by atoms with Crippen molar-refractivity contribution in [3.8, 4) is 23.0 Å². The van der Waals surface area contributed by atoms with E-state index in [2.05, 4.69) is 88.4 Å². The number of unbranched alkanes of at least 4 members (excludes halogenated alkanes) is 24. The summed E-state index contributed by atoms with van der Waals surface area (Å²) >= 11 is 0. The molecule has 69 heavy (non-hydrogen) atoms. The number of para-hydroxylation sites is 2. The van der Waals surface area contributed by atoms with Gasteiger partial charge in [-0.25, -0.2) is 0 Å². The number of benzene rings is 4. The zero-order valence-corrected chi connectivity index (χ0v) is 44.6. The Labute approximate surface area is 421 Å². The molecule has 388 valence electrons. The van der Waals surface area contributed by atoms with Crippen molar-refractivity contribution in [2.75, 3.05) is 11.5 Å². The third kappa shape index (κ3) is 30.3. The van der Waals surface area contributed by atoms with Crippen LogP contribution in [0, 0.1) is 0 Å². The van der Waals surface area contributed by atoms with E-state index in [1.54, 1.807) is 0 Å². The number of anilines is 2. The van der Waals surface area contributed by atoms with E-state index in [0.717, 1.165) is 60.1 Å². The van der Waals surface area contributed by atoms with Crippen LogP contribution in [0.3, 0.4) is 0 Å². The first kappa shape index (κ1) is 61.1. The monoisotopic (exact) mass is 973 g/mol. The second-order valence-electron chi connectivity index (χ2n) is 19.0. The molecule has 0 radical (unpaired) electrons. The SMILES string of the molecule is CCCCCCCCCc1ccccc1Oc1cccc(N)c1CCCCCCCCC.CCCCCCCCCc1ccccc1Oc1cccc(N)c1CCCCCCCCC.O=S(=O)(O)O. The molecule has 0 bridgehead atoms. The average molecular weight is 974 g/mol. The van der Waals surface area contributed by atoms with Crippen LogP contribution in [-0.2, 0) is 36.1 Å². The van der Waals surface area contributed by atoms with Gasteiger partial charge in [0.05, 0.1) is 0 Å². The Balaban J connectivity index is 0.000000431. The smallest absolute Gasteiger partial charge is 0.394 e. The largest absolute Gasteiger partial charge is 0.457 e. The van der Waals surface area contributed by atoms with Gasteiger partial charge in [-0.3, -0.25) is 9.11 Å². The highest BCUT2D eigenvalue weighted by molar-refractivity contribution is 7.79. The molecule has 0 fully saturated rings. The van der Waals surface area contributed by atoms with Gasteiger partial charge in [0.1, 0.15) is 23.0 Å². The van der Waals surface area contributed by atoms with Gasteiger partial charge in [0.2, 0.25) is 0 Å². The fourth-order valence-corrected chi connectivity index (χ4v) is 8.81. The summed E-state index contributed by atoms with van der Waals surface area (Å²) in [6, 6.07) is 29.3. The predicted molar refractivity (Wildman–Crippen MR) is 296 cm³/mol. The summed E-state index contributed by atoms with van der Waals surface area (Å²) in [5, 5.41) is 0. The van der Waals surface area contributed by atoms with Gasteiger partial charge in [-0.2, -0.15) is 8.42 Å². The summed E-state index contributed by atoms with van der Waals surface area (Å²) < 4.78 is 44.5. The van der Waals surface area contributed by atoms with Gasteiger partial charge in [-0.15, -0.1) is 0 Å². The molecule has 0 amide bonds. The van der Waals surface area contributed by atoms with E-state index < -0.39 is 10.4 Å². The Kier molecular flexibility index (Phi) is 35.1. The minimum Gasteiger partial charge on any atom is -0.457 e. The maximum Gasteiger partial charge on any atom is 0.394 e. The van der Waals surface area contributed by atoms with Crippen molar-refractivity contribution in [1.29, 1.82) is 0 Å². The van der Waals surface area contributed by atoms with Crippen molar-refractivity contribution in [3.05, 3.63) is 107 Å². The molecular weight excluding hydrogens is 877 g/mol. The molecule has 0 aliphatic heterocycles. The zero-order valence-electron chi connectivity index (χ0n) is 43.8. The highest BCUT2D eigenvalue weighted by Crippen LogP contribution is 2.35. The molecule has 4 rings (SSSR count). The number of rotatable bonds is 36. The zero-order chi connectivity index (χ0) is 50.2. The lowest BCUT2D eigenvalue weighted by Crippen LogP contribution is -2.00. The molecule has 0 saturated carbocycles. The van der Waals surface area contributed by atoms with Crippen LogP contribution >= 0.6 is 0 Å². The molecule has 8 nitrogen and oxygen atoms in total. The van der Waals surface area contributed by atoms with Crippen LogP contribution in [0.2, 0.25) is 0 Å². The Bertz CT molecular complexity index is 1850. The molecule has 4 aromatic carbocycles. The lowest BCUT2D eigenvalue weighted by atomic mass is 10.0. The normalized spacial score (nSPS) is 11.1. The molecule has 0 aliphatic rings. The molecule has 0 spiro atoms. The van der Waals surface area contributed by atoms with E-state index in [9.17, 15) is 0 Å². The Morgan fingerprint density at radius 2 is 0.594 bits per heavy atom. The van der Waals surface area contributed by atoms with Gasteiger partial charge < -0.3 is 20.9 Å². The first-order chi connectivity index (χ1) is 33.5. The van der Waals surface area contributed by atoms with Crippen molar-refractivity contribution in [2.45, 2.75) is 233 Å². The second-order valence-corrected chi connectivity index (χ2v) is 19.9. The van der Waals surface area contributed by atoms with Crippen molar-refractivity contribution >= 4 is 21.8 Å².